The summed E-state index contributed by atoms with van der Waals surface area (Å²) in [7, 11) is 0. The van der Waals surface area contributed by atoms with Gasteiger partial charge in [-0.05, 0) is 57.7 Å². The highest BCUT2D eigenvalue weighted by Crippen LogP contribution is 2.39. The van der Waals surface area contributed by atoms with Gasteiger partial charge in [-0.2, -0.15) is 0 Å². The average Bonchev–Trinajstić information content (AvgIpc) is 2.39. The number of hydrogen-bond donors (Lipinski definition) is 0. The van der Waals surface area contributed by atoms with Gasteiger partial charge in [0.25, 0.3) is 0 Å². The highest BCUT2D eigenvalue weighted by molar-refractivity contribution is 5.93. The van der Waals surface area contributed by atoms with Crippen LogP contribution in [0, 0.1) is 13.8 Å². The first-order valence-electron chi connectivity index (χ1n) is 9.25. The maximum atomic E-state index is 8.88. The maximum Gasteiger partial charge on any atom is 0.0629 e. The molecule has 0 aliphatic rings. The molecule has 0 saturated carbocycles. The van der Waals surface area contributed by atoms with E-state index in [0.29, 0.717) is 11.4 Å². The Bertz CT molecular complexity index is 834. The van der Waals surface area contributed by atoms with E-state index in [0.717, 1.165) is 27.6 Å². The molecule has 0 spiro atoms. The van der Waals surface area contributed by atoms with Gasteiger partial charge in [-0.1, -0.05) is 65.7 Å². The zero-order valence-electron chi connectivity index (χ0n) is 18.0. The summed E-state index contributed by atoms with van der Waals surface area (Å²) >= 11 is 0. The Labute approximate surface area is 129 Å². The zero-order chi connectivity index (χ0) is 18.8. The zero-order valence-corrected chi connectivity index (χ0v) is 14.0. The third-order valence-electron chi connectivity index (χ3n) is 3.81. The molecule has 0 unspecified atom stereocenters. The Kier molecular flexibility index (Phi) is 2.41. The Morgan fingerprint density at radius 1 is 0.850 bits per heavy atom. The second-order valence-corrected chi connectivity index (χ2v) is 7.75. The van der Waals surface area contributed by atoms with Crippen LogP contribution in [-0.2, 0) is 10.8 Å². The molecule has 20 heavy (non-hydrogen) atoms. The van der Waals surface area contributed by atoms with Crippen molar-refractivity contribution in [3.8, 4) is 0 Å². The molecule has 0 aliphatic carbocycles. The predicted molar refractivity (Wildman–Crippen MR) is 90.8 cm³/mol. The molecule has 0 radical (unpaired) electrons. The van der Waals surface area contributed by atoms with Crippen molar-refractivity contribution in [2.75, 3.05) is 0 Å². The molecule has 0 N–H and O–H groups in total. The minimum atomic E-state index is -0.318. The predicted octanol–water partition coefficient (Wildman–Crippen LogP) is 6.05. The molecule has 0 bridgehead atoms. The molecule has 0 fully saturated rings. The Hall–Kier alpha value is -1.30. The SMILES string of the molecule is [2H]c1c([2H])c(C)c2c(C)c(C(C)(C)C)c([2H])c(C(C)(C)C)c2c1[2H]. The van der Waals surface area contributed by atoms with Crippen molar-refractivity contribution in [2.45, 2.75) is 66.2 Å². The van der Waals surface area contributed by atoms with Gasteiger partial charge in [-0.3, -0.25) is 0 Å². The molecule has 108 valence electrons. The van der Waals surface area contributed by atoms with Gasteiger partial charge in [0.15, 0.2) is 0 Å². The molecule has 2 aromatic rings. The molecule has 0 aromatic heterocycles. The molecule has 0 saturated heterocycles. The van der Waals surface area contributed by atoms with Crippen LogP contribution >= 0.6 is 0 Å². The number of aryl methyl sites for hydroxylation is 2. The maximum absolute atomic E-state index is 8.88. The van der Waals surface area contributed by atoms with Crippen LogP contribution in [0.3, 0.4) is 0 Å². The minimum Gasteiger partial charge on any atom is -0.0614 e. The number of fused-ring (bicyclic) bond motifs is 1. The van der Waals surface area contributed by atoms with Crippen LogP contribution < -0.4 is 0 Å². The molecular weight excluding hydrogens is 240 g/mol. The largest absolute Gasteiger partial charge is 0.0629 e. The summed E-state index contributed by atoms with van der Waals surface area (Å²) in [6.07, 6.45) is 0. The van der Waals surface area contributed by atoms with E-state index in [-0.39, 0.29) is 29.0 Å². The third-order valence-corrected chi connectivity index (χ3v) is 3.81. The molecule has 0 amide bonds. The van der Waals surface area contributed by atoms with Gasteiger partial charge in [0.2, 0.25) is 0 Å². The number of benzene rings is 2. The van der Waals surface area contributed by atoms with Crippen molar-refractivity contribution in [3.63, 3.8) is 0 Å². The van der Waals surface area contributed by atoms with Gasteiger partial charge in [0.1, 0.15) is 0 Å². The molecule has 2 rings (SSSR count). The Morgan fingerprint density at radius 3 is 1.90 bits per heavy atom. The van der Waals surface area contributed by atoms with Gasteiger partial charge in [-0.25, -0.2) is 0 Å². The molecule has 0 atom stereocenters. The molecule has 0 heteroatoms. The van der Waals surface area contributed by atoms with Crippen molar-refractivity contribution in [1.82, 2.24) is 0 Å². The van der Waals surface area contributed by atoms with Crippen LogP contribution in [0.15, 0.2) is 24.2 Å². The molecular formula is C20H28. The summed E-state index contributed by atoms with van der Waals surface area (Å²) in [5.74, 6) is 0. The van der Waals surface area contributed by atoms with Crippen molar-refractivity contribution < 1.29 is 5.48 Å². The topological polar surface area (TPSA) is 0 Å². The highest BCUT2D eigenvalue weighted by atomic mass is 14.3. The Morgan fingerprint density at radius 2 is 1.40 bits per heavy atom. The van der Waals surface area contributed by atoms with Crippen LogP contribution in [0.4, 0.5) is 0 Å². The van der Waals surface area contributed by atoms with Gasteiger partial charge in [0.05, 0.1) is 5.48 Å². The summed E-state index contributed by atoms with van der Waals surface area (Å²) in [6, 6.07) is 0.619. The molecule has 0 aliphatic heterocycles. The van der Waals surface area contributed by atoms with E-state index >= 15 is 0 Å². The molecule has 0 heterocycles. The van der Waals surface area contributed by atoms with E-state index < -0.39 is 0 Å². The van der Waals surface area contributed by atoms with E-state index in [1.165, 1.54) is 0 Å². The van der Waals surface area contributed by atoms with Crippen molar-refractivity contribution in [1.29, 1.82) is 0 Å². The number of hydrogen-bond acceptors (Lipinski definition) is 0. The first kappa shape index (κ1) is 10.4. The van der Waals surface area contributed by atoms with Crippen LogP contribution in [0.25, 0.3) is 10.8 Å². The standard InChI is InChI=1S/C20H28/c1-13-10-9-11-15-17(20(6,7)8)12-16(19(3,4)5)14(2)18(13)15/h9-12H,1-8H3/i9D,10D,11D,12D. The highest BCUT2D eigenvalue weighted by Gasteiger charge is 2.24. The van der Waals surface area contributed by atoms with E-state index in [1.807, 2.05) is 13.8 Å². The van der Waals surface area contributed by atoms with Crippen LogP contribution in [-0.4, -0.2) is 0 Å². The first-order valence-corrected chi connectivity index (χ1v) is 7.25. The fraction of sp³-hybridized carbons (Fsp3) is 0.500. The monoisotopic (exact) mass is 272 g/mol. The quantitative estimate of drug-likeness (QED) is 0.547. The van der Waals surface area contributed by atoms with Crippen molar-refractivity contribution in [2.24, 2.45) is 0 Å². The van der Waals surface area contributed by atoms with Gasteiger partial charge < -0.3 is 0 Å². The third kappa shape index (κ3) is 2.49. The fourth-order valence-electron chi connectivity index (χ4n) is 2.88. The van der Waals surface area contributed by atoms with E-state index in [2.05, 4.69) is 41.5 Å². The summed E-state index contributed by atoms with van der Waals surface area (Å²) in [5.41, 5.74) is 2.97. The summed E-state index contributed by atoms with van der Waals surface area (Å²) in [5, 5.41) is 1.56. The lowest BCUT2D eigenvalue weighted by molar-refractivity contribution is 0.570. The lowest BCUT2D eigenvalue weighted by Crippen LogP contribution is -2.18. The van der Waals surface area contributed by atoms with E-state index in [1.54, 1.807) is 0 Å². The second kappa shape index (κ2) is 4.62. The minimum absolute atomic E-state index is 0.0483. The first-order chi connectivity index (χ1) is 10.7. The van der Waals surface area contributed by atoms with Gasteiger partial charge >= 0.3 is 0 Å². The van der Waals surface area contributed by atoms with Gasteiger partial charge in [-0.15, -0.1) is 0 Å². The molecule has 0 nitrogen and oxygen atoms in total. The summed E-state index contributed by atoms with van der Waals surface area (Å²) in [6.45, 7) is 16.3. The van der Waals surface area contributed by atoms with Gasteiger partial charge in [0, 0.05) is 0 Å². The van der Waals surface area contributed by atoms with E-state index in [4.69, 9.17) is 5.48 Å². The number of rotatable bonds is 0. The van der Waals surface area contributed by atoms with Crippen molar-refractivity contribution >= 4 is 10.8 Å². The van der Waals surface area contributed by atoms with Crippen LogP contribution in [0.2, 0.25) is 0 Å². The van der Waals surface area contributed by atoms with Crippen molar-refractivity contribution in [3.05, 3.63) is 46.4 Å². The van der Waals surface area contributed by atoms with Crippen LogP contribution in [0.1, 0.15) is 69.3 Å². The second-order valence-electron chi connectivity index (χ2n) is 7.75. The fourth-order valence-corrected chi connectivity index (χ4v) is 2.88. The normalized spacial score (nSPS) is 15.8. The Balaban J connectivity index is 3.31. The van der Waals surface area contributed by atoms with E-state index in [9.17, 15) is 0 Å². The lowest BCUT2D eigenvalue weighted by Gasteiger charge is -2.29. The molecule has 2 aromatic carbocycles. The smallest absolute Gasteiger partial charge is 0.0614 e. The average molecular weight is 272 g/mol. The lowest BCUT2D eigenvalue weighted by atomic mass is 9.75. The summed E-state index contributed by atoms with van der Waals surface area (Å²) in [4.78, 5) is 0. The van der Waals surface area contributed by atoms with Crippen LogP contribution in [0.5, 0.6) is 0 Å². The summed E-state index contributed by atoms with van der Waals surface area (Å²) < 4.78 is 33.7.